The van der Waals surface area contributed by atoms with E-state index in [1.807, 2.05) is 38.6 Å². The van der Waals surface area contributed by atoms with Crippen molar-refractivity contribution in [1.29, 1.82) is 0 Å². The highest BCUT2D eigenvalue weighted by Crippen LogP contribution is 2.06. The first kappa shape index (κ1) is 21.3. The van der Waals surface area contributed by atoms with Crippen LogP contribution in [-0.2, 0) is 9.47 Å². The summed E-state index contributed by atoms with van der Waals surface area (Å²) in [6.45, 7) is 11.5. The van der Waals surface area contributed by atoms with Crippen molar-refractivity contribution >= 4 is 17.9 Å². The van der Waals surface area contributed by atoms with E-state index in [1.165, 1.54) is 0 Å². The third kappa shape index (κ3) is 14.2. The Morgan fingerprint density at radius 2 is 2.09 bits per heavy atom. The smallest absolute Gasteiger partial charge is 0.407 e. The molecule has 0 radical (unpaired) electrons. The molecule has 0 aromatic heterocycles. The van der Waals surface area contributed by atoms with Gasteiger partial charge in [0.1, 0.15) is 5.60 Å². The first-order chi connectivity index (χ1) is 10.4. The fraction of sp³-hybridized carbons (Fsp3) is 0.812. The molecule has 6 heteroatoms. The molecule has 0 heterocycles. The molecule has 0 aliphatic carbocycles. The SMILES string of the molecule is C=CCSCCNC(CCCNC(=O)OC(C)(C)C)COC. The van der Waals surface area contributed by atoms with Crippen LogP contribution in [0.25, 0.3) is 0 Å². The number of ether oxygens (including phenoxy) is 2. The molecule has 5 nitrogen and oxygen atoms in total. The number of hydrogen-bond donors (Lipinski definition) is 2. The Morgan fingerprint density at radius 1 is 1.36 bits per heavy atom. The Hall–Kier alpha value is -0.720. The summed E-state index contributed by atoms with van der Waals surface area (Å²) in [7, 11) is 1.71. The molecule has 0 saturated carbocycles. The molecular formula is C16H32N2O3S. The second kappa shape index (κ2) is 12.8. The average Bonchev–Trinajstić information content (AvgIpc) is 2.41. The molecule has 0 saturated heterocycles. The summed E-state index contributed by atoms with van der Waals surface area (Å²) in [5.74, 6) is 2.04. The molecule has 0 rings (SSSR count). The quantitative estimate of drug-likeness (QED) is 0.425. The molecule has 0 fully saturated rings. The van der Waals surface area contributed by atoms with E-state index in [9.17, 15) is 4.79 Å². The van der Waals surface area contributed by atoms with Gasteiger partial charge < -0.3 is 20.1 Å². The number of thioether (sulfide) groups is 1. The lowest BCUT2D eigenvalue weighted by atomic mass is 10.1. The number of carbonyl (C=O) groups is 1. The molecule has 1 amide bonds. The Labute approximate surface area is 139 Å². The van der Waals surface area contributed by atoms with E-state index in [0.717, 1.165) is 30.9 Å². The van der Waals surface area contributed by atoms with E-state index < -0.39 is 5.60 Å². The molecule has 130 valence electrons. The van der Waals surface area contributed by atoms with Crippen molar-refractivity contribution < 1.29 is 14.3 Å². The van der Waals surface area contributed by atoms with E-state index in [1.54, 1.807) is 7.11 Å². The summed E-state index contributed by atoms with van der Waals surface area (Å²) in [4.78, 5) is 11.5. The minimum atomic E-state index is -0.451. The maximum atomic E-state index is 11.5. The molecule has 0 aromatic carbocycles. The third-order valence-corrected chi connectivity index (χ3v) is 3.64. The number of nitrogens with one attached hydrogen (secondary N) is 2. The Morgan fingerprint density at radius 3 is 2.68 bits per heavy atom. The van der Waals surface area contributed by atoms with Gasteiger partial charge in [-0.05, 0) is 33.6 Å². The first-order valence-corrected chi connectivity index (χ1v) is 8.92. The minimum absolute atomic E-state index is 0.315. The lowest BCUT2D eigenvalue weighted by Gasteiger charge is -2.20. The van der Waals surface area contributed by atoms with Gasteiger partial charge in [-0.15, -0.1) is 6.58 Å². The summed E-state index contributed by atoms with van der Waals surface area (Å²) in [5, 5.41) is 6.26. The van der Waals surface area contributed by atoms with Gasteiger partial charge >= 0.3 is 6.09 Å². The van der Waals surface area contributed by atoms with E-state index in [2.05, 4.69) is 17.2 Å². The monoisotopic (exact) mass is 332 g/mol. The van der Waals surface area contributed by atoms with E-state index in [-0.39, 0.29) is 6.09 Å². The zero-order valence-corrected chi connectivity index (χ0v) is 15.3. The molecule has 0 aliphatic heterocycles. The molecule has 1 atom stereocenters. The zero-order chi connectivity index (χ0) is 16.8. The highest BCUT2D eigenvalue weighted by molar-refractivity contribution is 7.99. The van der Waals surface area contributed by atoms with Crippen LogP contribution in [0, 0.1) is 0 Å². The van der Waals surface area contributed by atoms with Gasteiger partial charge in [-0.2, -0.15) is 11.8 Å². The Kier molecular flexibility index (Phi) is 12.4. The van der Waals surface area contributed by atoms with Crippen molar-refractivity contribution in [2.24, 2.45) is 0 Å². The standard InChI is InChI=1S/C16H32N2O3S/c1-6-11-22-12-10-17-14(13-20-5)8-7-9-18-15(19)21-16(2,3)4/h6,14,17H,1,7-13H2,2-5H3,(H,18,19). The van der Waals surface area contributed by atoms with Crippen molar-refractivity contribution in [3.8, 4) is 0 Å². The molecule has 0 bridgehead atoms. The van der Waals surface area contributed by atoms with Crippen molar-refractivity contribution in [3.05, 3.63) is 12.7 Å². The van der Waals surface area contributed by atoms with Crippen molar-refractivity contribution in [1.82, 2.24) is 10.6 Å². The summed E-state index contributed by atoms with van der Waals surface area (Å²) < 4.78 is 10.4. The highest BCUT2D eigenvalue weighted by atomic mass is 32.2. The minimum Gasteiger partial charge on any atom is -0.444 e. The van der Waals surface area contributed by atoms with Gasteiger partial charge in [0.2, 0.25) is 0 Å². The predicted molar refractivity (Wildman–Crippen MR) is 94.7 cm³/mol. The number of hydrogen-bond acceptors (Lipinski definition) is 5. The largest absolute Gasteiger partial charge is 0.444 e. The number of alkyl carbamates (subject to hydrolysis) is 1. The normalized spacial score (nSPS) is 12.7. The molecule has 2 N–H and O–H groups in total. The third-order valence-electron chi connectivity index (χ3n) is 2.68. The van der Waals surface area contributed by atoms with Gasteiger partial charge in [0, 0.05) is 37.7 Å². The lowest BCUT2D eigenvalue weighted by Crippen LogP contribution is -2.36. The van der Waals surface area contributed by atoms with Crippen LogP contribution in [-0.4, -0.2) is 56.0 Å². The van der Waals surface area contributed by atoms with Crippen LogP contribution < -0.4 is 10.6 Å². The second-order valence-electron chi connectivity index (χ2n) is 6.04. The van der Waals surface area contributed by atoms with E-state index >= 15 is 0 Å². The van der Waals surface area contributed by atoms with Crippen molar-refractivity contribution in [2.75, 3.05) is 38.3 Å². The second-order valence-corrected chi connectivity index (χ2v) is 7.19. The average molecular weight is 333 g/mol. The molecule has 1 unspecified atom stereocenters. The van der Waals surface area contributed by atoms with Gasteiger partial charge in [0.25, 0.3) is 0 Å². The maximum absolute atomic E-state index is 11.5. The first-order valence-electron chi connectivity index (χ1n) is 7.77. The number of rotatable bonds is 12. The van der Waals surface area contributed by atoms with Gasteiger partial charge in [-0.1, -0.05) is 6.08 Å². The Balaban J connectivity index is 3.76. The van der Waals surface area contributed by atoms with Crippen LogP contribution in [0.3, 0.4) is 0 Å². The summed E-state index contributed by atoms with van der Waals surface area (Å²) in [5.41, 5.74) is -0.451. The number of methoxy groups -OCH3 is 1. The van der Waals surface area contributed by atoms with Gasteiger partial charge in [-0.25, -0.2) is 4.79 Å². The molecule has 22 heavy (non-hydrogen) atoms. The predicted octanol–water partition coefficient (Wildman–Crippen LogP) is 2.82. The summed E-state index contributed by atoms with van der Waals surface area (Å²) >= 11 is 1.86. The topological polar surface area (TPSA) is 59.6 Å². The Bertz CT molecular complexity index is 306. The molecule has 0 aliphatic rings. The zero-order valence-electron chi connectivity index (χ0n) is 14.4. The van der Waals surface area contributed by atoms with Crippen LogP contribution in [0.5, 0.6) is 0 Å². The van der Waals surface area contributed by atoms with Crippen molar-refractivity contribution in [3.63, 3.8) is 0 Å². The molecule has 0 spiro atoms. The number of amides is 1. The van der Waals surface area contributed by atoms with Gasteiger partial charge in [0.15, 0.2) is 0 Å². The molecular weight excluding hydrogens is 300 g/mol. The van der Waals surface area contributed by atoms with Crippen LogP contribution in [0.15, 0.2) is 12.7 Å². The van der Waals surface area contributed by atoms with Gasteiger partial charge in [0.05, 0.1) is 6.61 Å². The lowest BCUT2D eigenvalue weighted by molar-refractivity contribution is 0.0526. The fourth-order valence-corrected chi connectivity index (χ4v) is 2.40. The molecule has 0 aromatic rings. The van der Waals surface area contributed by atoms with Crippen LogP contribution >= 0.6 is 11.8 Å². The van der Waals surface area contributed by atoms with Gasteiger partial charge in [-0.3, -0.25) is 0 Å². The van der Waals surface area contributed by atoms with Crippen LogP contribution in [0.4, 0.5) is 4.79 Å². The van der Waals surface area contributed by atoms with Crippen LogP contribution in [0.1, 0.15) is 33.6 Å². The summed E-state index contributed by atoms with van der Waals surface area (Å²) in [6, 6.07) is 0.315. The maximum Gasteiger partial charge on any atom is 0.407 e. The summed E-state index contributed by atoms with van der Waals surface area (Å²) in [6.07, 6.45) is 3.40. The van der Waals surface area contributed by atoms with Crippen LogP contribution in [0.2, 0.25) is 0 Å². The highest BCUT2D eigenvalue weighted by Gasteiger charge is 2.15. The number of carbonyl (C=O) groups excluding carboxylic acids is 1. The van der Waals surface area contributed by atoms with E-state index in [0.29, 0.717) is 19.2 Å². The van der Waals surface area contributed by atoms with E-state index in [4.69, 9.17) is 9.47 Å². The van der Waals surface area contributed by atoms with Crippen molar-refractivity contribution in [2.45, 2.75) is 45.3 Å². The fourth-order valence-electron chi connectivity index (χ4n) is 1.80.